The van der Waals surface area contributed by atoms with Gasteiger partial charge in [0.1, 0.15) is 0 Å². The van der Waals surface area contributed by atoms with E-state index < -0.39 is 0 Å². The fourth-order valence-corrected chi connectivity index (χ4v) is 1.86. The first-order valence-electron chi connectivity index (χ1n) is 2.61. The van der Waals surface area contributed by atoms with Crippen LogP contribution < -0.4 is 0 Å². The molecule has 0 spiro atoms. The minimum atomic E-state index is 1.13. The van der Waals surface area contributed by atoms with Crippen LogP contribution in [0, 0.1) is 0 Å². The monoisotopic (exact) mass is 202 g/mol. The summed E-state index contributed by atoms with van der Waals surface area (Å²) < 4.78 is 1.17. The average molecular weight is 203 g/mol. The van der Waals surface area contributed by atoms with Gasteiger partial charge < -0.3 is 0 Å². The zero-order valence-electron chi connectivity index (χ0n) is 5.15. The van der Waals surface area contributed by atoms with Crippen LogP contribution in [0.5, 0.6) is 0 Å². The second-order valence-corrected chi connectivity index (χ2v) is 4.35. The van der Waals surface area contributed by atoms with Crippen LogP contribution in [0.25, 0.3) is 5.57 Å². The average Bonchev–Trinajstić information content (AvgIpc) is 2.14. The van der Waals surface area contributed by atoms with Gasteiger partial charge in [0.15, 0.2) is 0 Å². The second-order valence-electron chi connectivity index (χ2n) is 1.88. The molecule has 0 aliphatic rings. The molecular weight excluding hydrogens is 196 g/mol. The van der Waals surface area contributed by atoms with Gasteiger partial charge in [0.2, 0.25) is 0 Å². The Kier molecular flexibility index (Phi) is 2.09. The molecular formula is C7H7BrS. The summed E-state index contributed by atoms with van der Waals surface area (Å²) in [5.74, 6) is 0. The van der Waals surface area contributed by atoms with Crippen molar-refractivity contribution in [2.45, 2.75) is 6.92 Å². The molecule has 0 aliphatic heterocycles. The summed E-state index contributed by atoms with van der Waals surface area (Å²) in [6.07, 6.45) is 0. The van der Waals surface area contributed by atoms with Crippen LogP contribution in [-0.4, -0.2) is 0 Å². The number of rotatable bonds is 1. The van der Waals surface area contributed by atoms with E-state index in [4.69, 9.17) is 0 Å². The third kappa shape index (κ3) is 1.66. The third-order valence-corrected chi connectivity index (χ3v) is 2.78. The van der Waals surface area contributed by atoms with E-state index in [2.05, 4.69) is 28.6 Å². The molecule has 0 nitrogen and oxygen atoms in total. The van der Waals surface area contributed by atoms with E-state index in [1.165, 1.54) is 8.66 Å². The summed E-state index contributed by atoms with van der Waals surface area (Å²) in [5, 5.41) is 0. The van der Waals surface area contributed by atoms with Crippen LogP contribution in [0.3, 0.4) is 0 Å². The number of thiophene rings is 1. The van der Waals surface area contributed by atoms with Crippen molar-refractivity contribution < 1.29 is 0 Å². The van der Waals surface area contributed by atoms with Gasteiger partial charge in [-0.15, -0.1) is 11.3 Å². The van der Waals surface area contributed by atoms with E-state index in [0.717, 1.165) is 5.57 Å². The van der Waals surface area contributed by atoms with Gasteiger partial charge in [-0.2, -0.15) is 0 Å². The molecule has 0 aliphatic carbocycles. The van der Waals surface area contributed by atoms with Gasteiger partial charge in [-0.25, -0.2) is 0 Å². The molecule has 1 heterocycles. The van der Waals surface area contributed by atoms with Crippen molar-refractivity contribution >= 4 is 32.8 Å². The van der Waals surface area contributed by atoms with Gasteiger partial charge in [-0.1, -0.05) is 6.58 Å². The molecule has 9 heavy (non-hydrogen) atoms. The first-order valence-corrected chi connectivity index (χ1v) is 4.22. The smallest absolute Gasteiger partial charge is 0.0704 e. The van der Waals surface area contributed by atoms with E-state index in [-0.39, 0.29) is 0 Å². The molecule has 0 bridgehead atoms. The molecule has 0 saturated carbocycles. The molecule has 48 valence electrons. The van der Waals surface area contributed by atoms with Crippen LogP contribution in [0.15, 0.2) is 22.5 Å². The highest BCUT2D eigenvalue weighted by Gasteiger charge is 1.95. The molecule has 0 amide bonds. The number of allylic oxidation sites excluding steroid dienone is 1. The Balaban J connectivity index is 2.98. The van der Waals surface area contributed by atoms with Crippen molar-refractivity contribution in [1.29, 1.82) is 0 Å². The fraction of sp³-hybridized carbons (Fsp3) is 0.143. The maximum Gasteiger partial charge on any atom is 0.0704 e. The topological polar surface area (TPSA) is 0 Å². The first-order chi connectivity index (χ1) is 4.20. The second kappa shape index (κ2) is 2.67. The Morgan fingerprint density at radius 3 is 2.56 bits per heavy atom. The van der Waals surface area contributed by atoms with Gasteiger partial charge in [0, 0.05) is 4.88 Å². The molecule has 0 radical (unpaired) electrons. The standard InChI is InChI=1S/C7H7BrS/c1-5(2)6-3-4-7(8)9-6/h3-4H,1H2,2H3. The minimum absolute atomic E-state index is 1.13. The Morgan fingerprint density at radius 2 is 2.33 bits per heavy atom. The SMILES string of the molecule is C=C(C)c1ccc(Br)s1. The fourth-order valence-electron chi connectivity index (χ4n) is 0.544. The predicted octanol–water partition coefficient (Wildman–Crippen LogP) is 3.54. The Morgan fingerprint density at radius 1 is 1.67 bits per heavy atom. The van der Waals surface area contributed by atoms with Crippen LogP contribution in [-0.2, 0) is 0 Å². The van der Waals surface area contributed by atoms with Gasteiger partial charge in [-0.3, -0.25) is 0 Å². The largest absolute Gasteiger partial charge is 0.129 e. The summed E-state index contributed by atoms with van der Waals surface area (Å²) in [5.41, 5.74) is 1.13. The molecule has 1 aromatic heterocycles. The highest BCUT2D eigenvalue weighted by Crippen LogP contribution is 2.26. The summed E-state index contributed by atoms with van der Waals surface area (Å²) in [7, 11) is 0. The van der Waals surface area contributed by atoms with Crippen LogP contribution in [0.2, 0.25) is 0 Å². The Bertz CT molecular complexity index is 225. The third-order valence-electron chi connectivity index (χ3n) is 0.994. The lowest BCUT2D eigenvalue weighted by atomic mass is 10.3. The maximum atomic E-state index is 3.83. The lowest BCUT2D eigenvalue weighted by molar-refractivity contribution is 1.74. The lowest BCUT2D eigenvalue weighted by Crippen LogP contribution is -1.62. The van der Waals surface area contributed by atoms with Gasteiger partial charge in [0.05, 0.1) is 3.79 Å². The summed E-state index contributed by atoms with van der Waals surface area (Å²) in [4.78, 5) is 1.25. The quantitative estimate of drug-likeness (QED) is 0.654. The minimum Gasteiger partial charge on any atom is -0.129 e. The van der Waals surface area contributed by atoms with E-state index >= 15 is 0 Å². The maximum absolute atomic E-state index is 3.83. The summed E-state index contributed by atoms with van der Waals surface area (Å²) in [6, 6.07) is 4.10. The Labute approximate surface area is 67.3 Å². The Hall–Kier alpha value is -0.0800. The number of hydrogen-bond acceptors (Lipinski definition) is 1. The number of halogens is 1. The van der Waals surface area contributed by atoms with Crippen molar-refractivity contribution in [3.8, 4) is 0 Å². The van der Waals surface area contributed by atoms with Crippen LogP contribution in [0.4, 0.5) is 0 Å². The van der Waals surface area contributed by atoms with E-state index in [1.807, 2.05) is 13.0 Å². The van der Waals surface area contributed by atoms with Crippen molar-refractivity contribution in [3.63, 3.8) is 0 Å². The highest BCUT2D eigenvalue weighted by molar-refractivity contribution is 9.11. The predicted molar refractivity (Wildman–Crippen MR) is 46.7 cm³/mol. The van der Waals surface area contributed by atoms with Crippen molar-refractivity contribution in [1.82, 2.24) is 0 Å². The molecule has 0 N–H and O–H groups in total. The van der Waals surface area contributed by atoms with Crippen LogP contribution >= 0.6 is 27.3 Å². The normalized spacial score (nSPS) is 9.56. The zero-order chi connectivity index (χ0) is 6.85. The summed E-state index contributed by atoms with van der Waals surface area (Å²) >= 11 is 5.09. The summed E-state index contributed by atoms with van der Waals surface area (Å²) in [6.45, 7) is 5.84. The molecule has 0 unspecified atom stereocenters. The van der Waals surface area contributed by atoms with Crippen molar-refractivity contribution in [2.24, 2.45) is 0 Å². The van der Waals surface area contributed by atoms with Crippen LogP contribution in [0.1, 0.15) is 11.8 Å². The van der Waals surface area contributed by atoms with Gasteiger partial charge in [0.25, 0.3) is 0 Å². The van der Waals surface area contributed by atoms with Gasteiger partial charge >= 0.3 is 0 Å². The molecule has 1 rings (SSSR count). The molecule has 1 aromatic rings. The number of hydrogen-bond donors (Lipinski definition) is 0. The highest BCUT2D eigenvalue weighted by atomic mass is 79.9. The van der Waals surface area contributed by atoms with E-state index in [9.17, 15) is 0 Å². The molecule has 0 fully saturated rings. The van der Waals surface area contributed by atoms with Crippen molar-refractivity contribution in [3.05, 3.63) is 27.4 Å². The molecule has 0 atom stereocenters. The van der Waals surface area contributed by atoms with Crippen molar-refractivity contribution in [2.75, 3.05) is 0 Å². The lowest BCUT2D eigenvalue weighted by Gasteiger charge is -1.87. The first kappa shape index (κ1) is 7.03. The zero-order valence-corrected chi connectivity index (χ0v) is 7.55. The van der Waals surface area contributed by atoms with E-state index in [1.54, 1.807) is 11.3 Å². The van der Waals surface area contributed by atoms with Gasteiger partial charge in [-0.05, 0) is 40.6 Å². The van der Waals surface area contributed by atoms with E-state index in [0.29, 0.717) is 0 Å². The molecule has 0 aromatic carbocycles. The molecule has 0 saturated heterocycles. The molecule has 2 heteroatoms.